The minimum absolute atomic E-state index is 0.0562. The van der Waals surface area contributed by atoms with Gasteiger partial charge in [-0.05, 0) is 51.2 Å². The zero-order valence-electron chi connectivity index (χ0n) is 13.1. The van der Waals surface area contributed by atoms with Gasteiger partial charge in [-0.1, -0.05) is 35.9 Å². The second-order valence-electron chi connectivity index (χ2n) is 5.38. The summed E-state index contributed by atoms with van der Waals surface area (Å²) in [5.74, 6) is 0.186. The number of para-hydroxylation sites is 1. The SMILES string of the molecule is C=C(C)[C@H]1CC=C(C)CC1.COC(=O)c1ccccc1O. The van der Waals surface area contributed by atoms with Crippen molar-refractivity contribution in [3.63, 3.8) is 0 Å². The smallest absolute Gasteiger partial charge is 0.341 e. The summed E-state index contributed by atoms with van der Waals surface area (Å²) in [6.45, 7) is 8.33. The maximum Gasteiger partial charge on any atom is 0.341 e. The molecule has 1 atom stereocenters. The molecule has 0 bridgehead atoms. The monoisotopic (exact) mass is 288 g/mol. The average molecular weight is 288 g/mol. The molecule has 3 heteroatoms. The van der Waals surface area contributed by atoms with Crippen molar-refractivity contribution in [3.05, 3.63) is 53.6 Å². The molecule has 0 fully saturated rings. The third-order valence-electron chi connectivity index (χ3n) is 3.64. The maximum absolute atomic E-state index is 10.9. The molecule has 0 saturated heterocycles. The van der Waals surface area contributed by atoms with Crippen molar-refractivity contribution in [1.29, 1.82) is 0 Å². The summed E-state index contributed by atoms with van der Waals surface area (Å²) >= 11 is 0. The lowest BCUT2D eigenvalue weighted by molar-refractivity contribution is 0.0597. The molecule has 1 aliphatic rings. The van der Waals surface area contributed by atoms with Crippen LogP contribution in [0.4, 0.5) is 0 Å². The van der Waals surface area contributed by atoms with E-state index in [-0.39, 0.29) is 11.3 Å². The standard InChI is InChI=1S/C10H16.C8H8O3/c1-8(2)10-6-4-9(3)5-7-10;1-11-8(10)6-4-2-3-5-7(6)9/h4,10H,1,5-7H2,2-3H3;2-5,9H,1H3/t10-;/m0./s1. The van der Waals surface area contributed by atoms with E-state index in [4.69, 9.17) is 5.11 Å². The van der Waals surface area contributed by atoms with Crippen LogP contribution in [0.2, 0.25) is 0 Å². The highest BCUT2D eigenvalue weighted by Crippen LogP contribution is 2.27. The Bertz CT molecular complexity index is 529. The molecular weight excluding hydrogens is 264 g/mol. The van der Waals surface area contributed by atoms with Gasteiger partial charge in [-0.3, -0.25) is 0 Å². The van der Waals surface area contributed by atoms with Crippen LogP contribution in [0, 0.1) is 5.92 Å². The largest absolute Gasteiger partial charge is 0.507 e. The number of allylic oxidation sites excluding steroid dienone is 3. The molecule has 114 valence electrons. The number of phenolic OH excluding ortho intramolecular Hbond substituents is 1. The van der Waals surface area contributed by atoms with E-state index >= 15 is 0 Å². The van der Waals surface area contributed by atoms with Gasteiger partial charge in [0.25, 0.3) is 0 Å². The van der Waals surface area contributed by atoms with E-state index in [9.17, 15) is 4.79 Å². The van der Waals surface area contributed by atoms with Crippen LogP contribution in [0.3, 0.4) is 0 Å². The van der Waals surface area contributed by atoms with E-state index in [0.29, 0.717) is 0 Å². The molecule has 0 unspecified atom stereocenters. The van der Waals surface area contributed by atoms with Gasteiger partial charge in [0, 0.05) is 0 Å². The van der Waals surface area contributed by atoms with Gasteiger partial charge in [0.15, 0.2) is 0 Å². The fourth-order valence-corrected chi connectivity index (χ4v) is 2.17. The summed E-state index contributed by atoms with van der Waals surface area (Å²) in [5.41, 5.74) is 3.09. The molecule has 1 N–H and O–H groups in total. The predicted molar refractivity (Wildman–Crippen MR) is 85.4 cm³/mol. The summed E-state index contributed by atoms with van der Waals surface area (Å²) in [7, 11) is 1.27. The number of carbonyl (C=O) groups excluding carboxylic acids is 1. The molecular formula is C18H24O3. The molecule has 0 radical (unpaired) electrons. The highest BCUT2D eigenvalue weighted by molar-refractivity contribution is 5.92. The molecule has 0 aromatic heterocycles. The lowest BCUT2D eigenvalue weighted by Crippen LogP contribution is -2.04. The third kappa shape index (κ3) is 5.46. The Morgan fingerprint density at radius 1 is 1.38 bits per heavy atom. The van der Waals surface area contributed by atoms with Crippen LogP contribution in [0.15, 0.2) is 48.1 Å². The highest BCUT2D eigenvalue weighted by Gasteiger charge is 2.11. The van der Waals surface area contributed by atoms with Gasteiger partial charge in [0.2, 0.25) is 0 Å². The van der Waals surface area contributed by atoms with Crippen LogP contribution >= 0.6 is 0 Å². The minimum Gasteiger partial charge on any atom is -0.507 e. The van der Waals surface area contributed by atoms with Crippen molar-refractivity contribution in [1.82, 2.24) is 0 Å². The number of phenols is 1. The van der Waals surface area contributed by atoms with Gasteiger partial charge in [-0.25, -0.2) is 4.79 Å². The highest BCUT2D eigenvalue weighted by atomic mass is 16.5. The van der Waals surface area contributed by atoms with Gasteiger partial charge in [0.1, 0.15) is 11.3 Å². The predicted octanol–water partition coefficient (Wildman–Crippen LogP) is 4.49. The van der Waals surface area contributed by atoms with E-state index in [1.165, 1.54) is 44.1 Å². The van der Waals surface area contributed by atoms with E-state index < -0.39 is 5.97 Å². The molecule has 1 aromatic rings. The van der Waals surface area contributed by atoms with E-state index in [2.05, 4.69) is 31.2 Å². The van der Waals surface area contributed by atoms with Crippen LogP contribution in [-0.2, 0) is 4.74 Å². The van der Waals surface area contributed by atoms with Crippen LogP contribution in [0.25, 0.3) is 0 Å². The first kappa shape index (κ1) is 17.0. The minimum atomic E-state index is -0.525. The van der Waals surface area contributed by atoms with Crippen LogP contribution in [0.1, 0.15) is 43.5 Å². The van der Waals surface area contributed by atoms with E-state index in [0.717, 1.165) is 5.92 Å². The van der Waals surface area contributed by atoms with Gasteiger partial charge < -0.3 is 9.84 Å². The second-order valence-corrected chi connectivity index (χ2v) is 5.38. The number of hydrogen-bond donors (Lipinski definition) is 1. The van der Waals surface area contributed by atoms with E-state index in [1.54, 1.807) is 17.7 Å². The van der Waals surface area contributed by atoms with Crippen LogP contribution < -0.4 is 0 Å². The summed E-state index contributed by atoms with van der Waals surface area (Å²) in [5, 5.41) is 9.11. The molecule has 0 aliphatic heterocycles. The summed E-state index contributed by atoms with van der Waals surface area (Å²) in [6, 6.07) is 6.24. The first-order valence-corrected chi connectivity index (χ1v) is 7.13. The Morgan fingerprint density at radius 3 is 2.52 bits per heavy atom. The molecule has 3 nitrogen and oxygen atoms in total. The molecule has 21 heavy (non-hydrogen) atoms. The summed E-state index contributed by atoms with van der Waals surface area (Å²) < 4.78 is 4.42. The van der Waals surface area contributed by atoms with Crippen molar-refractivity contribution < 1.29 is 14.6 Å². The van der Waals surface area contributed by atoms with Gasteiger partial charge in [-0.2, -0.15) is 0 Å². The number of methoxy groups -OCH3 is 1. The van der Waals surface area contributed by atoms with E-state index in [1.807, 2.05) is 0 Å². The number of esters is 1. The molecule has 0 spiro atoms. The number of carbonyl (C=O) groups is 1. The fourth-order valence-electron chi connectivity index (χ4n) is 2.17. The first-order chi connectivity index (χ1) is 9.95. The Balaban J connectivity index is 0.000000211. The van der Waals surface area contributed by atoms with Gasteiger partial charge in [0.05, 0.1) is 7.11 Å². The molecule has 1 aliphatic carbocycles. The average Bonchev–Trinajstić information content (AvgIpc) is 2.48. The Hall–Kier alpha value is -2.03. The van der Waals surface area contributed by atoms with Crippen molar-refractivity contribution >= 4 is 5.97 Å². The van der Waals surface area contributed by atoms with Crippen molar-refractivity contribution in [2.24, 2.45) is 5.92 Å². The number of ether oxygens (including phenoxy) is 1. The van der Waals surface area contributed by atoms with Crippen molar-refractivity contribution in [3.8, 4) is 5.75 Å². The zero-order chi connectivity index (χ0) is 15.8. The van der Waals surface area contributed by atoms with Gasteiger partial charge >= 0.3 is 5.97 Å². The number of aromatic hydroxyl groups is 1. The Labute approximate surface area is 127 Å². The molecule has 0 amide bonds. The normalized spacial score (nSPS) is 17.1. The summed E-state index contributed by atoms with van der Waals surface area (Å²) in [4.78, 5) is 10.9. The lowest BCUT2D eigenvalue weighted by atomic mass is 9.86. The first-order valence-electron chi connectivity index (χ1n) is 7.13. The number of benzene rings is 1. The topological polar surface area (TPSA) is 46.5 Å². The zero-order valence-corrected chi connectivity index (χ0v) is 13.1. The van der Waals surface area contributed by atoms with Gasteiger partial charge in [-0.15, -0.1) is 0 Å². The quantitative estimate of drug-likeness (QED) is 0.644. The van der Waals surface area contributed by atoms with Crippen molar-refractivity contribution in [2.45, 2.75) is 33.1 Å². The van der Waals surface area contributed by atoms with Crippen molar-refractivity contribution in [2.75, 3.05) is 7.11 Å². The fraction of sp³-hybridized carbons (Fsp3) is 0.389. The molecule has 2 rings (SSSR count). The Kier molecular flexibility index (Phi) is 6.73. The van der Waals surface area contributed by atoms with Crippen LogP contribution in [-0.4, -0.2) is 18.2 Å². The van der Waals surface area contributed by atoms with Crippen LogP contribution in [0.5, 0.6) is 5.75 Å². The molecule has 1 aromatic carbocycles. The maximum atomic E-state index is 10.9. The Morgan fingerprint density at radius 2 is 2.05 bits per heavy atom. The lowest BCUT2D eigenvalue weighted by Gasteiger charge is -2.19. The summed E-state index contributed by atoms with van der Waals surface area (Å²) in [6.07, 6.45) is 6.17. The molecule has 0 heterocycles. The number of rotatable bonds is 2. The third-order valence-corrected chi connectivity index (χ3v) is 3.64. The number of hydrogen-bond acceptors (Lipinski definition) is 3. The second kappa shape index (κ2) is 8.30. The molecule has 0 saturated carbocycles.